The fourth-order valence-corrected chi connectivity index (χ4v) is 2.61. The minimum Gasteiger partial charge on any atom is -0.335 e. The molecule has 3 nitrogen and oxygen atoms in total. The molecule has 0 saturated carbocycles. The van der Waals surface area contributed by atoms with Crippen LogP contribution in [0.25, 0.3) is 0 Å². The molecule has 2 N–H and O–H groups in total. The van der Waals surface area contributed by atoms with Crippen molar-refractivity contribution in [2.45, 2.75) is 46.2 Å². The second-order valence-corrected chi connectivity index (χ2v) is 5.29. The van der Waals surface area contributed by atoms with Crippen LogP contribution in [0.4, 0.5) is 0 Å². The van der Waals surface area contributed by atoms with E-state index in [1.54, 1.807) is 0 Å². The molecule has 2 aromatic rings. The van der Waals surface area contributed by atoms with Gasteiger partial charge in [-0.3, -0.25) is 0 Å². The molecule has 0 amide bonds. The molecular weight excluding hydrogens is 234 g/mol. The number of hydrogen-bond acceptors (Lipinski definition) is 2. The Morgan fingerprint density at radius 2 is 1.84 bits per heavy atom. The summed E-state index contributed by atoms with van der Waals surface area (Å²) in [6.07, 6.45) is 5.59. The monoisotopic (exact) mass is 257 g/mol. The van der Waals surface area contributed by atoms with Crippen molar-refractivity contribution in [1.29, 1.82) is 0 Å². The third-order valence-electron chi connectivity index (χ3n) is 3.37. The minimum atomic E-state index is 0.119. The van der Waals surface area contributed by atoms with Crippen LogP contribution in [0.1, 0.15) is 29.4 Å². The fourth-order valence-electron chi connectivity index (χ4n) is 2.61. The summed E-state index contributed by atoms with van der Waals surface area (Å²) in [5, 5.41) is 0. The molecule has 0 fully saturated rings. The predicted molar refractivity (Wildman–Crippen MR) is 79.2 cm³/mol. The van der Waals surface area contributed by atoms with Gasteiger partial charge in [0.15, 0.2) is 0 Å². The van der Waals surface area contributed by atoms with Crippen LogP contribution in [0.15, 0.2) is 30.6 Å². The lowest BCUT2D eigenvalue weighted by Crippen LogP contribution is -2.27. The van der Waals surface area contributed by atoms with Gasteiger partial charge in [0, 0.05) is 31.4 Å². The maximum Gasteiger partial charge on any atom is 0.110 e. The number of rotatable bonds is 5. The second kappa shape index (κ2) is 6.02. The highest BCUT2D eigenvalue weighted by Crippen LogP contribution is 2.12. The molecule has 0 aliphatic carbocycles. The van der Waals surface area contributed by atoms with E-state index >= 15 is 0 Å². The standard InChI is InChI=1S/C16H23N3/c1-4-19-6-5-18-16(19)11-15(17)10-14-8-12(2)7-13(3)9-14/h5-9,15H,4,10-11,17H2,1-3H3. The van der Waals surface area contributed by atoms with Gasteiger partial charge in [-0.05, 0) is 32.8 Å². The Labute approximate surface area is 115 Å². The van der Waals surface area contributed by atoms with Gasteiger partial charge in [-0.25, -0.2) is 4.98 Å². The molecule has 1 aromatic carbocycles. The summed E-state index contributed by atoms with van der Waals surface area (Å²) in [7, 11) is 0. The number of benzene rings is 1. The SMILES string of the molecule is CCn1ccnc1CC(N)Cc1cc(C)cc(C)c1. The Morgan fingerprint density at radius 3 is 2.47 bits per heavy atom. The number of aryl methyl sites for hydroxylation is 3. The third-order valence-corrected chi connectivity index (χ3v) is 3.37. The van der Waals surface area contributed by atoms with E-state index in [2.05, 4.69) is 48.5 Å². The molecule has 1 heterocycles. The van der Waals surface area contributed by atoms with Crippen molar-refractivity contribution in [1.82, 2.24) is 9.55 Å². The lowest BCUT2D eigenvalue weighted by atomic mass is 10.00. The summed E-state index contributed by atoms with van der Waals surface area (Å²) >= 11 is 0. The average molecular weight is 257 g/mol. The zero-order valence-corrected chi connectivity index (χ0v) is 12.1. The highest BCUT2D eigenvalue weighted by molar-refractivity contribution is 5.29. The Bertz CT molecular complexity index is 522. The fraction of sp³-hybridized carbons (Fsp3) is 0.438. The van der Waals surface area contributed by atoms with E-state index in [9.17, 15) is 0 Å². The average Bonchev–Trinajstić information content (AvgIpc) is 2.74. The van der Waals surface area contributed by atoms with Gasteiger partial charge in [-0.2, -0.15) is 0 Å². The van der Waals surface area contributed by atoms with E-state index < -0.39 is 0 Å². The molecule has 19 heavy (non-hydrogen) atoms. The van der Waals surface area contributed by atoms with Crippen molar-refractivity contribution in [3.63, 3.8) is 0 Å². The Kier molecular flexibility index (Phi) is 4.38. The maximum atomic E-state index is 6.27. The smallest absolute Gasteiger partial charge is 0.110 e. The molecule has 0 aliphatic rings. The molecule has 1 atom stereocenters. The second-order valence-electron chi connectivity index (χ2n) is 5.29. The van der Waals surface area contributed by atoms with Crippen molar-refractivity contribution in [2.75, 3.05) is 0 Å². The van der Waals surface area contributed by atoms with Crippen LogP contribution < -0.4 is 5.73 Å². The molecule has 0 saturated heterocycles. The van der Waals surface area contributed by atoms with Crippen molar-refractivity contribution < 1.29 is 0 Å². The van der Waals surface area contributed by atoms with Crippen LogP contribution >= 0.6 is 0 Å². The van der Waals surface area contributed by atoms with Crippen LogP contribution in [0.5, 0.6) is 0 Å². The topological polar surface area (TPSA) is 43.8 Å². The summed E-state index contributed by atoms with van der Waals surface area (Å²) < 4.78 is 2.15. The number of nitrogens with two attached hydrogens (primary N) is 1. The van der Waals surface area contributed by atoms with E-state index in [-0.39, 0.29) is 6.04 Å². The van der Waals surface area contributed by atoms with Gasteiger partial charge in [0.1, 0.15) is 5.82 Å². The van der Waals surface area contributed by atoms with Crippen LogP contribution in [0, 0.1) is 13.8 Å². The lowest BCUT2D eigenvalue weighted by Gasteiger charge is -2.13. The van der Waals surface area contributed by atoms with Gasteiger partial charge in [0.2, 0.25) is 0 Å². The first-order valence-electron chi connectivity index (χ1n) is 6.91. The molecule has 1 aromatic heterocycles. The number of nitrogens with zero attached hydrogens (tertiary/aromatic N) is 2. The zero-order chi connectivity index (χ0) is 13.8. The van der Waals surface area contributed by atoms with Crippen LogP contribution in [-0.4, -0.2) is 15.6 Å². The first-order chi connectivity index (χ1) is 9.08. The van der Waals surface area contributed by atoms with E-state index in [1.165, 1.54) is 16.7 Å². The summed E-state index contributed by atoms with van der Waals surface area (Å²) in [4.78, 5) is 4.39. The molecule has 0 spiro atoms. The van der Waals surface area contributed by atoms with Crippen molar-refractivity contribution in [3.05, 3.63) is 53.1 Å². The molecule has 0 radical (unpaired) electrons. The summed E-state index contributed by atoms with van der Waals surface area (Å²) in [6.45, 7) is 7.34. The number of imidazole rings is 1. The van der Waals surface area contributed by atoms with Crippen LogP contribution in [0.3, 0.4) is 0 Å². The largest absolute Gasteiger partial charge is 0.335 e. The first kappa shape index (κ1) is 13.8. The lowest BCUT2D eigenvalue weighted by molar-refractivity contribution is 0.602. The molecule has 2 rings (SSSR count). The van der Waals surface area contributed by atoms with Gasteiger partial charge in [0.05, 0.1) is 0 Å². The Hall–Kier alpha value is -1.61. The Balaban J connectivity index is 2.03. The van der Waals surface area contributed by atoms with Crippen molar-refractivity contribution >= 4 is 0 Å². The molecular formula is C16H23N3. The molecule has 3 heteroatoms. The number of aromatic nitrogens is 2. The molecule has 0 bridgehead atoms. The van der Waals surface area contributed by atoms with Gasteiger partial charge in [0.25, 0.3) is 0 Å². The van der Waals surface area contributed by atoms with Gasteiger partial charge < -0.3 is 10.3 Å². The van der Waals surface area contributed by atoms with E-state index in [0.29, 0.717) is 0 Å². The minimum absolute atomic E-state index is 0.119. The van der Waals surface area contributed by atoms with Gasteiger partial charge in [-0.15, -0.1) is 0 Å². The molecule has 0 aliphatic heterocycles. The Morgan fingerprint density at radius 1 is 1.16 bits per heavy atom. The highest BCUT2D eigenvalue weighted by Gasteiger charge is 2.10. The first-order valence-corrected chi connectivity index (χ1v) is 6.91. The van der Waals surface area contributed by atoms with Crippen molar-refractivity contribution in [3.8, 4) is 0 Å². The van der Waals surface area contributed by atoms with Gasteiger partial charge in [-0.1, -0.05) is 29.3 Å². The van der Waals surface area contributed by atoms with Crippen LogP contribution in [-0.2, 0) is 19.4 Å². The molecule has 1 unspecified atom stereocenters. The van der Waals surface area contributed by atoms with E-state index in [1.807, 2.05) is 12.4 Å². The summed E-state index contributed by atoms with van der Waals surface area (Å²) in [5.74, 6) is 1.08. The van der Waals surface area contributed by atoms with Crippen molar-refractivity contribution in [2.24, 2.45) is 5.73 Å². The highest BCUT2D eigenvalue weighted by atomic mass is 15.1. The zero-order valence-electron chi connectivity index (χ0n) is 12.1. The summed E-state index contributed by atoms with van der Waals surface area (Å²) in [6, 6.07) is 6.76. The van der Waals surface area contributed by atoms with Gasteiger partial charge >= 0.3 is 0 Å². The quantitative estimate of drug-likeness (QED) is 0.895. The number of hydrogen-bond donors (Lipinski definition) is 1. The maximum absolute atomic E-state index is 6.27. The third kappa shape index (κ3) is 3.67. The summed E-state index contributed by atoms with van der Waals surface area (Å²) in [5.41, 5.74) is 10.2. The normalized spacial score (nSPS) is 12.6. The van der Waals surface area contributed by atoms with E-state index in [4.69, 9.17) is 5.73 Å². The molecule has 102 valence electrons. The predicted octanol–water partition coefficient (Wildman–Crippen LogP) is 2.63. The van der Waals surface area contributed by atoms with E-state index in [0.717, 1.165) is 25.2 Å². The van der Waals surface area contributed by atoms with Crippen LogP contribution in [0.2, 0.25) is 0 Å².